The number of halogens is 1. The zero-order valence-electron chi connectivity index (χ0n) is 21.8. The topological polar surface area (TPSA) is 96.4 Å². The summed E-state index contributed by atoms with van der Waals surface area (Å²) in [5.74, 6) is 0.243. The molecule has 0 bridgehead atoms. The highest BCUT2D eigenvalue weighted by Gasteiger charge is 2.60. The van der Waals surface area contributed by atoms with Gasteiger partial charge in [-0.15, -0.1) is 0 Å². The van der Waals surface area contributed by atoms with Gasteiger partial charge < -0.3 is 27.7 Å². The van der Waals surface area contributed by atoms with Crippen LogP contribution in [-0.2, 0) is 27.2 Å². The number of hydrogen-bond acceptors (Lipinski definition) is 9. The van der Waals surface area contributed by atoms with E-state index in [0.717, 1.165) is 18.8 Å². The van der Waals surface area contributed by atoms with E-state index >= 15 is 0 Å². The Bertz CT molecular complexity index is 1100. The van der Waals surface area contributed by atoms with E-state index in [0.29, 0.717) is 6.42 Å². The lowest BCUT2D eigenvalue weighted by Gasteiger charge is -2.26. The molecular weight excluding hydrogens is 521 g/mol. The van der Waals surface area contributed by atoms with Crippen molar-refractivity contribution in [3.8, 4) is 5.75 Å². The first kappa shape index (κ1) is 28.2. The Morgan fingerprint density at radius 2 is 1.54 bits per heavy atom. The van der Waals surface area contributed by atoms with Gasteiger partial charge in [0.15, 0.2) is 17.0 Å². The Balaban J connectivity index is 1.48. The summed E-state index contributed by atoms with van der Waals surface area (Å²) in [7, 11) is -6.03. The lowest BCUT2D eigenvalue weighted by molar-refractivity contribution is 0.187. The monoisotopic (exact) mass is 556 g/mol. The van der Waals surface area contributed by atoms with Crippen molar-refractivity contribution in [3.05, 3.63) is 54.0 Å². The maximum absolute atomic E-state index is 14.7. The molecule has 37 heavy (non-hydrogen) atoms. The predicted octanol–water partition coefficient (Wildman–Crippen LogP) is 6.55. The van der Waals surface area contributed by atoms with Gasteiger partial charge in [0.2, 0.25) is 0 Å². The standard InChI is InChI=1S/C25H35FN2O7P2/c1-17-18(2)33-36(29,32-17)25(37(30)34-19(3)20(4)35-37)21-11-12-22(26)23(16-21)31-15-9-8-14-28(5)24-10-6-7-13-27-24/h6-7,10-13,16-20,25H,8-9,14-15H2,1-5H3/t17-,18+,19-,20+,25?,36?,37?. The average Bonchev–Trinajstić information content (AvgIpc) is 3.27. The quantitative estimate of drug-likeness (QED) is 0.238. The van der Waals surface area contributed by atoms with Crippen molar-refractivity contribution in [1.29, 1.82) is 0 Å². The van der Waals surface area contributed by atoms with Gasteiger partial charge in [-0.3, -0.25) is 9.13 Å². The molecule has 2 aliphatic heterocycles. The maximum Gasteiger partial charge on any atom is 0.350 e. The van der Waals surface area contributed by atoms with Crippen LogP contribution in [0.4, 0.5) is 10.2 Å². The first-order chi connectivity index (χ1) is 17.5. The summed E-state index contributed by atoms with van der Waals surface area (Å²) < 4.78 is 71.1. The first-order valence-electron chi connectivity index (χ1n) is 12.5. The van der Waals surface area contributed by atoms with Crippen LogP contribution in [0.3, 0.4) is 0 Å². The van der Waals surface area contributed by atoms with Crippen LogP contribution in [0.15, 0.2) is 42.6 Å². The number of aromatic nitrogens is 1. The number of anilines is 1. The molecule has 2 aromatic rings. The second-order valence-corrected chi connectivity index (χ2v) is 14.0. The SMILES string of the molecule is C[C@@H]1OP(=O)(C(c2ccc(F)c(OCCCCN(C)c3ccccn3)c2)P2(=O)O[C@@H](C)[C@@H](C)O2)O[C@@H]1C. The molecule has 204 valence electrons. The normalized spacial score (nSPS) is 32.4. The fraction of sp³-hybridized carbons (Fsp3) is 0.560. The molecule has 0 amide bonds. The summed E-state index contributed by atoms with van der Waals surface area (Å²) in [5, 5.41) is -1.37. The fourth-order valence-corrected chi connectivity index (χ4v) is 10.4. The summed E-state index contributed by atoms with van der Waals surface area (Å²) in [4.78, 5) is 6.35. The fourth-order valence-electron chi connectivity index (χ4n) is 4.21. The Labute approximate surface area is 217 Å². The molecular formula is C25H35FN2O7P2. The van der Waals surface area contributed by atoms with Crippen molar-refractivity contribution < 1.29 is 36.4 Å². The van der Waals surface area contributed by atoms with Gasteiger partial charge in [-0.05, 0) is 70.4 Å². The number of rotatable bonds is 10. The van der Waals surface area contributed by atoms with Crippen molar-refractivity contribution in [2.75, 3.05) is 25.1 Å². The number of benzene rings is 1. The molecule has 1 aromatic heterocycles. The second-order valence-electron chi connectivity index (χ2n) is 9.55. The van der Waals surface area contributed by atoms with Crippen molar-refractivity contribution in [2.45, 2.75) is 70.4 Å². The zero-order chi connectivity index (χ0) is 26.8. The van der Waals surface area contributed by atoms with Crippen LogP contribution in [0.1, 0.15) is 51.5 Å². The van der Waals surface area contributed by atoms with Crippen LogP contribution in [0.5, 0.6) is 5.75 Å². The van der Waals surface area contributed by atoms with Crippen molar-refractivity contribution in [3.63, 3.8) is 0 Å². The highest BCUT2D eigenvalue weighted by molar-refractivity contribution is 7.72. The molecule has 0 radical (unpaired) electrons. The first-order valence-corrected chi connectivity index (χ1v) is 15.7. The predicted molar refractivity (Wildman–Crippen MR) is 139 cm³/mol. The van der Waals surface area contributed by atoms with Crippen molar-refractivity contribution in [2.24, 2.45) is 0 Å². The third-order valence-electron chi connectivity index (χ3n) is 6.61. The van der Waals surface area contributed by atoms with Gasteiger partial charge in [0.1, 0.15) is 5.82 Å². The van der Waals surface area contributed by atoms with Gasteiger partial charge in [0.05, 0.1) is 31.0 Å². The minimum atomic E-state index is -4.00. The summed E-state index contributed by atoms with van der Waals surface area (Å²) >= 11 is 0. The molecule has 0 spiro atoms. The maximum atomic E-state index is 14.7. The number of hydrogen-bond donors (Lipinski definition) is 0. The molecule has 9 nitrogen and oxygen atoms in total. The Morgan fingerprint density at radius 1 is 0.946 bits per heavy atom. The Morgan fingerprint density at radius 3 is 2.08 bits per heavy atom. The zero-order valence-corrected chi connectivity index (χ0v) is 23.6. The van der Waals surface area contributed by atoms with Gasteiger partial charge in [0.25, 0.3) is 0 Å². The molecule has 4 rings (SSSR count). The second kappa shape index (κ2) is 11.5. The van der Waals surface area contributed by atoms with Crippen LogP contribution in [-0.4, -0.2) is 49.6 Å². The lowest BCUT2D eigenvalue weighted by Crippen LogP contribution is -2.20. The summed E-state index contributed by atoms with van der Waals surface area (Å²) in [5.41, 5.74) is 0.251. The molecule has 6 atom stereocenters. The molecule has 12 heteroatoms. The Kier molecular flexibility index (Phi) is 8.79. The highest BCUT2D eigenvalue weighted by atomic mass is 31.2. The van der Waals surface area contributed by atoms with E-state index in [2.05, 4.69) is 4.98 Å². The molecule has 2 saturated heterocycles. The molecule has 2 fully saturated rings. The third-order valence-corrected chi connectivity index (χ3v) is 12.6. The van der Waals surface area contributed by atoms with Gasteiger partial charge in [-0.25, -0.2) is 9.37 Å². The van der Waals surface area contributed by atoms with E-state index in [9.17, 15) is 13.5 Å². The van der Waals surface area contributed by atoms with E-state index in [1.165, 1.54) is 18.2 Å². The molecule has 0 saturated carbocycles. The van der Waals surface area contributed by atoms with Crippen molar-refractivity contribution >= 4 is 21.0 Å². The number of pyridine rings is 1. The van der Waals surface area contributed by atoms with Crippen molar-refractivity contribution in [1.82, 2.24) is 4.98 Å². The Hall–Kier alpha value is -1.80. The molecule has 3 heterocycles. The minimum Gasteiger partial charge on any atom is -0.491 e. The average molecular weight is 557 g/mol. The number of unbranched alkanes of at least 4 members (excludes halogenated alkanes) is 1. The molecule has 0 N–H and O–H groups in total. The van der Waals surface area contributed by atoms with E-state index in [1.54, 1.807) is 33.9 Å². The molecule has 2 unspecified atom stereocenters. The smallest absolute Gasteiger partial charge is 0.350 e. The third kappa shape index (κ3) is 6.27. The number of ether oxygens (including phenoxy) is 1. The largest absolute Gasteiger partial charge is 0.491 e. The van der Waals surface area contributed by atoms with Gasteiger partial charge in [-0.2, -0.15) is 0 Å². The summed E-state index contributed by atoms with van der Waals surface area (Å²) in [6, 6.07) is 9.71. The summed E-state index contributed by atoms with van der Waals surface area (Å²) in [6.07, 6.45) is 1.26. The van der Waals surface area contributed by atoms with Gasteiger partial charge >= 0.3 is 15.2 Å². The van der Waals surface area contributed by atoms with E-state index in [1.807, 2.05) is 30.1 Å². The van der Waals surface area contributed by atoms with Crippen LogP contribution >= 0.6 is 15.2 Å². The van der Waals surface area contributed by atoms with E-state index < -0.39 is 50.8 Å². The van der Waals surface area contributed by atoms with Crippen LogP contribution in [0.2, 0.25) is 0 Å². The van der Waals surface area contributed by atoms with E-state index in [-0.39, 0.29) is 17.9 Å². The highest BCUT2D eigenvalue weighted by Crippen LogP contribution is 2.82. The van der Waals surface area contributed by atoms with E-state index in [4.69, 9.17) is 22.8 Å². The minimum absolute atomic E-state index is 0.0423. The molecule has 0 aliphatic carbocycles. The lowest BCUT2D eigenvalue weighted by atomic mass is 10.2. The number of nitrogens with zero attached hydrogens (tertiary/aromatic N) is 2. The summed E-state index contributed by atoms with van der Waals surface area (Å²) in [6.45, 7) is 7.92. The molecule has 2 aliphatic rings. The van der Waals surface area contributed by atoms with Gasteiger partial charge in [0, 0.05) is 19.8 Å². The van der Waals surface area contributed by atoms with Crippen LogP contribution < -0.4 is 9.64 Å². The van der Waals surface area contributed by atoms with Crippen LogP contribution in [0.25, 0.3) is 0 Å². The van der Waals surface area contributed by atoms with Gasteiger partial charge in [-0.1, -0.05) is 12.1 Å². The molecule has 1 aromatic carbocycles. The van der Waals surface area contributed by atoms with Crippen LogP contribution in [0, 0.1) is 5.82 Å².